The Morgan fingerprint density at radius 1 is 1.29 bits per heavy atom. The van der Waals surface area contributed by atoms with Crippen molar-refractivity contribution in [2.45, 2.75) is 18.9 Å². The Hall–Kier alpha value is -3.49. The molecule has 2 atom stereocenters. The topological polar surface area (TPSA) is 140 Å². The summed E-state index contributed by atoms with van der Waals surface area (Å²) < 4.78 is 10.4. The molecule has 0 bridgehead atoms. The first-order valence-electron chi connectivity index (χ1n) is 8.73. The number of benzene rings is 1. The van der Waals surface area contributed by atoms with Gasteiger partial charge < -0.3 is 20.5 Å². The van der Waals surface area contributed by atoms with Crippen LogP contribution in [0.1, 0.15) is 18.4 Å². The number of nitrogens with one attached hydrogen (secondary N) is 2. The van der Waals surface area contributed by atoms with Gasteiger partial charge in [-0.15, -0.1) is 0 Å². The van der Waals surface area contributed by atoms with Gasteiger partial charge in [0.2, 0.25) is 5.91 Å². The molecule has 9 nitrogen and oxygen atoms in total. The molecule has 1 aromatic carbocycles. The van der Waals surface area contributed by atoms with Gasteiger partial charge in [0.05, 0.1) is 31.1 Å². The molecule has 1 saturated heterocycles. The van der Waals surface area contributed by atoms with E-state index in [1.165, 1.54) is 19.5 Å². The monoisotopic (exact) mass is 383 g/mol. The van der Waals surface area contributed by atoms with Gasteiger partial charge in [0.25, 0.3) is 0 Å². The molecule has 0 spiro atoms. The van der Waals surface area contributed by atoms with E-state index in [1.54, 1.807) is 12.1 Å². The van der Waals surface area contributed by atoms with Crippen molar-refractivity contribution in [1.29, 1.82) is 5.41 Å². The molecule has 1 aliphatic rings. The number of esters is 1. The summed E-state index contributed by atoms with van der Waals surface area (Å²) in [6.07, 6.45) is 3.61. The van der Waals surface area contributed by atoms with Gasteiger partial charge in [-0.2, -0.15) is 0 Å². The van der Waals surface area contributed by atoms with Crippen LogP contribution in [0.2, 0.25) is 0 Å². The fourth-order valence-corrected chi connectivity index (χ4v) is 2.91. The van der Waals surface area contributed by atoms with Crippen LogP contribution in [0.15, 0.2) is 36.7 Å². The number of rotatable bonds is 7. The molecule has 1 fully saturated rings. The zero-order valence-electron chi connectivity index (χ0n) is 15.3. The van der Waals surface area contributed by atoms with Gasteiger partial charge in [-0.3, -0.25) is 15.0 Å². The molecule has 3 rings (SSSR count). The molecule has 1 amide bonds. The van der Waals surface area contributed by atoms with Gasteiger partial charge >= 0.3 is 5.97 Å². The molecular weight excluding hydrogens is 362 g/mol. The summed E-state index contributed by atoms with van der Waals surface area (Å²) in [7, 11) is 1.31. The lowest BCUT2D eigenvalue weighted by atomic mass is 10.0. The Kier molecular flexibility index (Phi) is 5.83. The normalized spacial score (nSPS) is 18.4. The maximum atomic E-state index is 11.9. The summed E-state index contributed by atoms with van der Waals surface area (Å²) in [5.74, 6) is 0.165. The van der Waals surface area contributed by atoms with Crippen molar-refractivity contribution in [3.05, 3.63) is 42.2 Å². The van der Waals surface area contributed by atoms with Gasteiger partial charge in [-0.05, 0) is 30.7 Å². The fourth-order valence-electron chi connectivity index (χ4n) is 2.91. The van der Waals surface area contributed by atoms with Crippen LogP contribution < -0.4 is 15.8 Å². The minimum atomic E-state index is -0.393. The minimum absolute atomic E-state index is 0.0793. The maximum absolute atomic E-state index is 11.9. The second-order valence-corrected chi connectivity index (χ2v) is 6.46. The summed E-state index contributed by atoms with van der Waals surface area (Å²) in [4.78, 5) is 31.6. The number of carbonyl (C=O) groups excluding carboxylic acids is 2. The molecule has 2 aromatic rings. The summed E-state index contributed by atoms with van der Waals surface area (Å²) in [6.45, 7) is 0.312. The number of carbonyl (C=O) groups is 2. The third-order valence-electron chi connectivity index (χ3n) is 4.45. The predicted molar refractivity (Wildman–Crippen MR) is 101 cm³/mol. The number of methoxy groups -OCH3 is 1. The lowest BCUT2D eigenvalue weighted by Gasteiger charge is -2.12. The highest BCUT2D eigenvalue weighted by Crippen LogP contribution is 2.22. The zero-order chi connectivity index (χ0) is 20.1. The van der Waals surface area contributed by atoms with E-state index in [2.05, 4.69) is 20.0 Å². The highest BCUT2D eigenvalue weighted by atomic mass is 16.5. The van der Waals surface area contributed by atoms with Crippen LogP contribution in [0.4, 0.5) is 0 Å². The summed E-state index contributed by atoms with van der Waals surface area (Å²) in [6, 6.07) is 7.08. The average molecular weight is 383 g/mol. The molecule has 1 aliphatic heterocycles. The molecule has 28 heavy (non-hydrogen) atoms. The number of hydrogen-bond donors (Lipinski definition) is 3. The van der Waals surface area contributed by atoms with Gasteiger partial charge in [-0.1, -0.05) is 0 Å². The fraction of sp³-hybridized carbons (Fsp3) is 0.316. The first-order chi connectivity index (χ1) is 13.5. The van der Waals surface area contributed by atoms with Crippen molar-refractivity contribution in [3.63, 3.8) is 0 Å². The quantitative estimate of drug-likeness (QED) is 0.366. The van der Waals surface area contributed by atoms with E-state index in [9.17, 15) is 9.59 Å². The highest BCUT2D eigenvalue weighted by molar-refractivity contribution is 5.94. The number of amides is 1. The first kappa shape index (κ1) is 19.3. The first-order valence-corrected chi connectivity index (χ1v) is 8.73. The zero-order valence-corrected chi connectivity index (χ0v) is 15.3. The third kappa shape index (κ3) is 4.61. The molecule has 1 aromatic heterocycles. The van der Waals surface area contributed by atoms with E-state index in [4.69, 9.17) is 15.9 Å². The second kappa shape index (κ2) is 8.47. The van der Waals surface area contributed by atoms with Gasteiger partial charge in [0.1, 0.15) is 18.2 Å². The van der Waals surface area contributed by atoms with E-state index >= 15 is 0 Å². The lowest BCUT2D eigenvalue weighted by Crippen LogP contribution is -2.31. The Morgan fingerprint density at radius 3 is 2.57 bits per heavy atom. The number of aromatic nitrogens is 2. The summed E-state index contributed by atoms with van der Waals surface area (Å²) >= 11 is 0. The lowest BCUT2D eigenvalue weighted by molar-refractivity contribution is -0.143. The predicted octanol–water partition coefficient (Wildman–Crippen LogP) is 0.874. The molecule has 0 unspecified atom stereocenters. The number of nitrogen functional groups attached to an aromatic ring is 1. The van der Waals surface area contributed by atoms with Crippen LogP contribution in [0, 0.1) is 11.3 Å². The molecular formula is C19H21N5O4. The van der Waals surface area contributed by atoms with Crippen LogP contribution in [0.3, 0.4) is 0 Å². The van der Waals surface area contributed by atoms with Crippen LogP contribution in [0.5, 0.6) is 5.75 Å². The van der Waals surface area contributed by atoms with E-state index in [0.717, 1.165) is 5.56 Å². The number of nitrogens with two attached hydrogens (primary N) is 1. The molecule has 0 aliphatic carbocycles. The smallest absolute Gasteiger partial charge is 0.306 e. The average Bonchev–Trinajstić information content (AvgIpc) is 3.06. The van der Waals surface area contributed by atoms with Crippen molar-refractivity contribution in [1.82, 2.24) is 15.3 Å². The van der Waals surface area contributed by atoms with Crippen LogP contribution in [0.25, 0.3) is 11.4 Å². The Balaban J connectivity index is 1.54. The van der Waals surface area contributed by atoms with Crippen LogP contribution in [-0.2, 0) is 14.3 Å². The number of hydrogen-bond acceptors (Lipinski definition) is 7. The van der Waals surface area contributed by atoms with Crippen molar-refractivity contribution in [3.8, 4) is 17.1 Å². The van der Waals surface area contributed by atoms with E-state index in [0.29, 0.717) is 30.2 Å². The molecule has 0 radical (unpaired) electrons. The number of amidine groups is 1. The van der Waals surface area contributed by atoms with Gasteiger partial charge in [-0.25, -0.2) is 9.97 Å². The molecule has 0 saturated carbocycles. The standard InChI is InChI=1S/C19H21N5O4/c1-27-16(25)7-12-6-14(24-19(12)26)10-28-15-4-2-11(3-5-15)18-22-8-13(9-23-18)17(20)21/h2-5,8-9,12,14H,6-7,10H2,1H3,(H3,20,21)(H,24,26)/t12-,14-/m1/s1. The highest BCUT2D eigenvalue weighted by Gasteiger charge is 2.34. The Labute approximate surface area is 161 Å². The Morgan fingerprint density at radius 2 is 1.96 bits per heavy atom. The van der Waals surface area contributed by atoms with Crippen LogP contribution >= 0.6 is 0 Å². The summed E-state index contributed by atoms with van der Waals surface area (Å²) in [5, 5.41) is 10.2. The van der Waals surface area contributed by atoms with Crippen molar-refractivity contribution >= 4 is 17.7 Å². The largest absolute Gasteiger partial charge is 0.491 e. The van der Waals surface area contributed by atoms with Gasteiger partial charge in [0, 0.05) is 18.0 Å². The van der Waals surface area contributed by atoms with Crippen LogP contribution in [-0.4, -0.2) is 47.4 Å². The molecule has 9 heteroatoms. The van der Waals surface area contributed by atoms with Crippen molar-refractivity contribution in [2.24, 2.45) is 11.7 Å². The molecule has 146 valence electrons. The number of ether oxygens (including phenoxy) is 2. The maximum Gasteiger partial charge on any atom is 0.306 e. The van der Waals surface area contributed by atoms with Crippen molar-refractivity contribution < 1.29 is 19.1 Å². The second-order valence-electron chi connectivity index (χ2n) is 6.46. The van der Waals surface area contributed by atoms with E-state index < -0.39 is 5.97 Å². The SMILES string of the molecule is COC(=O)C[C@H]1C[C@H](COc2ccc(-c3ncc(C(=N)N)cn3)cc2)NC1=O. The third-order valence-corrected chi connectivity index (χ3v) is 4.45. The van der Waals surface area contributed by atoms with E-state index in [-0.39, 0.29) is 30.1 Å². The van der Waals surface area contributed by atoms with Gasteiger partial charge in [0.15, 0.2) is 5.82 Å². The number of nitrogens with zero attached hydrogens (tertiary/aromatic N) is 2. The molecule has 4 N–H and O–H groups in total. The minimum Gasteiger partial charge on any atom is -0.491 e. The Bertz CT molecular complexity index is 867. The summed E-state index contributed by atoms with van der Waals surface area (Å²) in [5.41, 5.74) is 6.66. The van der Waals surface area contributed by atoms with Crippen molar-refractivity contribution in [2.75, 3.05) is 13.7 Å². The molecule has 2 heterocycles. The van der Waals surface area contributed by atoms with E-state index in [1.807, 2.05) is 12.1 Å².